The van der Waals surface area contributed by atoms with Crippen molar-refractivity contribution < 1.29 is 24.6 Å². The van der Waals surface area contributed by atoms with Gasteiger partial charge in [-0.2, -0.15) is 45.9 Å². The summed E-state index contributed by atoms with van der Waals surface area (Å²) < 4.78 is 17.0. The van der Waals surface area contributed by atoms with E-state index in [0.717, 1.165) is 149 Å². The van der Waals surface area contributed by atoms with Gasteiger partial charge in [0.15, 0.2) is 0 Å². The van der Waals surface area contributed by atoms with Crippen LogP contribution in [0.2, 0.25) is 0 Å². The van der Waals surface area contributed by atoms with Crippen LogP contribution in [0.15, 0.2) is 130 Å². The van der Waals surface area contributed by atoms with Crippen molar-refractivity contribution in [1.29, 1.82) is 0 Å². The molecule has 30 nitrogen and oxygen atoms in total. The van der Waals surface area contributed by atoms with Gasteiger partial charge in [0.1, 0.15) is 0 Å². The first kappa shape index (κ1) is 69.9. The van der Waals surface area contributed by atoms with Gasteiger partial charge in [-0.05, 0) is 95.5 Å². The molecule has 0 atom stereocenters. The topological polar surface area (TPSA) is 311 Å². The summed E-state index contributed by atoms with van der Waals surface area (Å²) in [5.41, 5.74) is 11.4. The van der Waals surface area contributed by atoms with Gasteiger partial charge in [-0.3, -0.25) is 42.5 Å². The smallest absolute Gasteiger partial charge is 0.312 e. The number of aliphatic hydroxyl groups is 2. The lowest BCUT2D eigenvalue weighted by molar-refractivity contribution is -0.154. The van der Waals surface area contributed by atoms with Gasteiger partial charge in [-0.15, -0.1) is 0 Å². The zero-order chi connectivity index (χ0) is 71.4. The van der Waals surface area contributed by atoms with Crippen LogP contribution in [-0.2, 0) is 27.5 Å². The van der Waals surface area contributed by atoms with E-state index in [1.54, 1.807) is 67.8 Å². The molecular weight excluding hydrogens is 1290 g/mol. The molecule has 15 heterocycles. The highest BCUT2D eigenvalue weighted by molar-refractivity contribution is 6.34. The summed E-state index contributed by atoms with van der Waals surface area (Å²) in [4.78, 5) is 55.2. The highest BCUT2D eigenvalue weighted by Gasteiger charge is 2.37. The summed E-state index contributed by atoms with van der Waals surface area (Å²) in [5.74, 6) is -0.945. The molecule has 0 aromatic carbocycles. The Hall–Kier alpha value is -10.6. The zero-order valence-electron chi connectivity index (χ0n) is 59.5. The molecule has 3 fully saturated rings. The first-order valence-electron chi connectivity index (χ1n) is 35.5. The van der Waals surface area contributed by atoms with Gasteiger partial charge < -0.3 is 30.2 Å². The fourth-order valence-electron chi connectivity index (χ4n) is 13.8. The number of nitrogens with one attached hydrogen (secondary N) is 1. The predicted molar refractivity (Wildman–Crippen MR) is 383 cm³/mol. The predicted octanol–water partition coefficient (Wildman–Crippen LogP) is 8.41. The number of nitrogens with zero attached hydrogens (tertiary/aromatic N) is 24. The summed E-state index contributed by atoms with van der Waals surface area (Å²) in [7, 11) is 3.15. The van der Waals surface area contributed by atoms with E-state index in [1.165, 1.54) is 9.80 Å². The molecule has 3 N–H and O–H groups in total. The maximum Gasteiger partial charge on any atom is 0.312 e. The average Bonchev–Trinajstić information content (AvgIpc) is 1.60. The highest BCUT2D eigenvalue weighted by Crippen LogP contribution is 2.34. The van der Waals surface area contributed by atoms with E-state index >= 15 is 0 Å². The van der Waals surface area contributed by atoms with Crippen molar-refractivity contribution >= 4 is 34.3 Å². The second-order valence-electron chi connectivity index (χ2n) is 27.3. The zero-order valence-corrected chi connectivity index (χ0v) is 59.5. The van der Waals surface area contributed by atoms with Gasteiger partial charge in [0.2, 0.25) is 5.91 Å². The van der Waals surface area contributed by atoms with Crippen LogP contribution < -0.4 is 5.32 Å². The molecule has 0 radical (unpaired) electrons. The average molecular weight is 1390 g/mol. The number of piperidine rings is 2. The normalized spacial score (nSPS) is 15.4. The van der Waals surface area contributed by atoms with Crippen molar-refractivity contribution in [1.82, 2.24) is 122 Å². The third kappa shape index (κ3) is 14.8. The number of hydrogen-bond acceptors (Lipinski definition) is 18. The molecule has 15 rings (SSSR count). The Morgan fingerprint density at radius 1 is 0.480 bits per heavy atom. The molecule has 102 heavy (non-hydrogen) atoms. The molecule has 3 saturated heterocycles. The molecule has 3 aliphatic rings. The fraction of sp³-hybridized carbons (Fsp3) is 0.458. The van der Waals surface area contributed by atoms with Gasteiger partial charge in [-0.25, -0.2) is 28.5 Å². The van der Waals surface area contributed by atoms with Gasteiger partial charge >= 0.3 is 11.8 Å². The van der Waals surface area contributed by atoms with E-state index in [-0.39, 0.29) is 11.9 Å². The summed E-state index contributed by atoms with van der Waals surface area (Å²) >= 11 is 0. The van der Waals surface area contributed by atoms with Crippen LogP contribution in [0.4, 0.5) is 0 Å². The lowest BCUT2D eigenvalue weighted by Gasteiger charge is -2.38. The molecule has 3 amide bonds. The third-order valence-electron chi connectivity index (χ3n) is 20.2. The molecular formula is C72H91N25O5. The van der Waals surface area contributed by atoms with Crippen LogP contribution in [0, 0.1) is 0 Å². The van der Waals surface area contributed by atoms with Crippen molar-refractivity contribution in [2.24, 2.45) is 0 Å². The van der Waals surface area contributed by atoms with Crippen LogP contribution in [0.3, 0.4) is 0 Å². The monoisotopic (exact) mass is 1390 g/mol. The minimum atomic E-state index is -0.885. The number of carbonyl (C=O) groups is 3. The fourth-order valence-corrected chi connectivity index (χ4v) is 13.8. The number of aromatic nitrogens is 21. The number of fused-ring (bicyclic) bond motifs is 3. The van der Waals surface area contributed by atoms with Crippen LogP contribution in [0.1, 0.15) is 137 Å². The Labute approximate surface area is 590 Å². The van der Waals surface area contributed by atoms with E-state index in [0.29, 0.717) is 70.2 Å². The number of likely N-dealkylation sites (tertiary alicyclic amines) is 2. The Kier molecular flexibility index (Phi) is 20.5. The second kappa shape index (κ2) is 29.9. The van der Waals surface area contributed by atoms with Crippen molar-refractivity contribution in [2.75, 3.05) is 53.4 Å². The quantitative estimate of drug-likeness (QED) is 0.0603. The Balaban J connectivity index is 0.000000137. The molecule has 0 bridgehead atoms. The molecule has 0 unspecified atom stereocenters. The van der Waals surface area contributed by atoms with Gasteiger partial charge in [0.25, 0.3) is 0 Å². The number of hydrogen-bond donors (Lipinski definition) is 3. The minimum absolute atomic E-state index is 0.0221. The molecule has 12 aromatic heterocycles. The van der Waals surface area contributed by atoms with Crippen LogP contribution >= 0.6 is 0 Å². The largest absolute Gasteiger partial charge is 0.388 e. The van der Waals surface area contributed by atoms with Crippen LogP contribution in [0.5, 0.6) is 0 Å². The number of rotatable bonds is 20. The Morgan fingerprint density at radius 2 is 0.853 bits per heavy atom. The van der Waals surface area contributed by atoms with E-state index < -0.39 is 23.0 Å². The van der Waals surface area contributed by atoms with E-state index in [4.69, 9.17) is 15.0 Å². The van der Waals surface area contributed by atoms with E-state index in [2.05, 4.69) is 111 Å². The molecule has 0 aliphatic carbocycles. The van der Waals surface area contributed by atoms with Gasteiger partial charge in [-0.1, -0.05) is 41.5 Å². The lowest BCUT2D eigenvalue weighted by atomic mass is 9.91. The Bertz CT molecular complexity index is 4850. The highest BCUT2D eigenvalue weighted by atomic mass is 16.3. The number of carbonyl (C=O) groups excluding carboxylic acids is 3. The molecule has 12 aromatic rings. The molecule has 0 spiro atoms. The Morgan fingerprint density at radius 3 is 1.24 bits per heavy atom. The lowest BCUT2D eigenvalue weighted by Crippen LogP contribution is -2.54. The van der Waals surface area contributed by atoms with Crippen LogP contribution in [0.25, 0.3) is 84.1 Å². The molecule has 534 valence electrons. The summed E-state index contributed by atoms with van der Waals surface area (Å²) in [6.45, 7) is 19.1. The molecule has 0 saturated carbocycles. The van der Waals surface area contributed by atoms with Crippen molar-refractivity contribution in [3.8, 4) is 67.5 Å². The van der Waals surface area contributed by atoms with Gasteiger partial charge in [0.05, 0.1) is 174 Å². The third-order valence-corrected chi connectivity index (χ3v) is 20.2. The first-order chi connectivity index (χ1) is 49.4. The number of likely N-dealkylation sites (N-methyl/N-ethyl adjacent to an activating group) is 1. The number of amides is 3. The summed E-state index contributed by atoms with van der Waals surface area (Å²) in [6, 6.07) is 6.98. The maximum atomic E-state index is 12.2. The SMILES string of the molecule is CCC(CC)n1cc(-c2nc(-c3cnn(C4CN(C(=O)C(=O)N(C)C)C4)c3)cn3nccc23)cn1.CCC(CC)n1cc(-c2nc(-c3cnn(CC4(O)CCN(C(C)=O)CC4)c3)cn3nccc23)cn1.CCC(CC)n1cc(-c2nc(-c3cnn(CC4(O)CCNCC4)c3)cn3nccc23)cn1. The summed E-state index contributed by atoms with van der Waals surface area (Å²) in [6.07, 6.45) is 42.6. The van der Waals surface area contributed by atoms with Gasteiger partial charge in [0, 0.05) is 118 Å². The van der Waals surface area contributed by atoms with E-state index in [9.17, 15) is 24.6 Å². The van der Waals surface area contributed by atoms with Crippen LogP contribution in [-0.4, -0.2) is 210 Å². The standard InChI is InChI=1S/C25H32N8O2.C24H29N9O2.C23H30N8O/c1-4-21(5-2)32-15-20(13-28-32)24-23-6-9-26-33(23)16-22(29-24)19-12-27-31(14-19)17-25(35)7-10-30(11-8-25)18(3)34;1-5-18(6-2)31-12-17(10-27-31)22-21-7-8-25-33(21)15-20(28-22)16-9-26-32(11-16)19-13-30(14-19)24(35)23(34)29(3)4;1-3-19(4-2)30-14-18(12-27-30)22-21-5-8-25-31(21)15-20(28-22)17-11-26-29(13-17)16-23(32)6-9-24-10-7-23/h6,9,12-16,21,35H,4-5,7-8,10-11,17H2,1-3H3;7-12,15,18-19H,5-6,13-14H2,1-4H3;5,8,11-15,19,24,32H,3-4,6-7,9-10,16H2,1-2H3. The van der Waals surface area contributed by atoms with Crippen molar-refractivity contribution in [3.05, 3.63) is 130 Å². The van der Waals surface area contributed by atoms with Crippen molar-refractivity contribution in [2.45, 2.75) is 161 Å². The molecule has 30 heteroatoms. The first-order valence-corrected chi connectivity index (χ1v) is 35.5. The maximum absolute atomic E-state index is 12.2. The van der Waals surface area contributed by atoms with Crippen molar-refractivity contribution in [3.63, 3.8) is 0 Å². The van der Waals surface area contributed by atoms with E-state index in [1.807, 2.05) is 111 Å². The summed E-state index contributed by atoms with van der Waals surface area (Å²) in [5, 5.41) is 65.8. The second-order valence-corrected chi connectivity index (χ2v) is 27.3. The minimum Gasteiger partial charge on any atom is -0.388 e. The molecule has 3 aliphatic heterocycles.